The molecule has 0 unspecified atom stereocenters. The molecule has 3 aromatic rings. The molecule has 0 saturated heterocycles. The van der Waals surface area contributed by atoms with Gasteiger partial charge in [-0.15, -0.1) is 5.11 Å². The van der Waals surface area contributed by atoms with Gasteiger partial charge in [0.25, 0.3) is 0 Å². The second-order valence-electron chi connectivity index (χ2n) is 6.89. The van der Waals surface area contributed by atoms with Crippen molar-refractivity contribution in [2.24, 2.45) is 10.2 Å². The van der Waals surface area contributed by atoms with Gasteiger partial charge in [0.1, 0.15) is 12.0 Å². The van der Waals surface area contributed by atoms with Crippen LogP contribution in [-0.4, -0.2) is 62.6 Å². The summed E-state index contributed by atoms with van der Waals surface area (Å²) >= 11 is 12.1. The molecule has 1 heterocycles. The number of anilines is 3. The lowest BCUT2D eigenvalue weighted by Gasteiger charge is -2.25. The number of azo groups is 1. The molecule has 34 heavy (non-hydrogen) atoms. The van der Waals surface area contributed by atoms with Gasteiger partial charge in [0, 0.05) is 33.0 Å². The van der Waals surface area contributed by atoms with Gasteiger partial charge < -0.3 is 24.4 Å². The van der Waals surface area contributed by atoms with Crippen LogP contribution in [0.15, 0.2) is 53.0 Å². The van der Waals surface area contributed by atoms with Crippen LogP contribution in [0.2, 0.25) is 10.0 Å². The average Bonchev–Trinajstić information content (AvgIpc) is 2.85. The average molecular weight is 506 g/mol. The van der Waals surface area contributed by atoms with Crippen molar-refractivity contribution >= 4 is 51.9 Å². The first-order valence-electron chi connectivity index (χ1n) is 10.3. The topological polar surface area (TPSA) is 106 Å². The molecular weight excluding hydrogens is 481 g/mol. The fourth-order valence-electron chi connectivity index (χ4n) is 2.90. The molecule has 10 nitrogen and oxygen atoms in total. The first-order chi connectivity index (χ1) is 16.5. The van der Waals surface area contributed by atoms with E-state index >= 15 is 0 Å². The van der Waals surface area contributed by atoms with Crippen LogP contribution in [-0.2, 0) is 9.47 Å². The van der Waals surface area contributed by atoms with Gasteiger partial charge in [-0.05, 0) is 36.4 Å². The van der Waals surface area contributed by atoms with Crippen molar-refractivity contribution in [3.05, 3.63) is 52.8 Å². The number of rotatable bonds is 12. The van der Waals surface area contributed by atoms with Crippen LogP contribution in [0.5, 0.6) is 6.01 Å². The van der Waals surface area contributed by atoms with Gasteiger partial charge in [0.2, 0.25) is 5.95 Å². The molecule has 3 rings (SSSR count). The fraction of sp³-hybridized carbons (Fsp3) is 0.318. The van der Waals surface area contributed by atoms with Gasteiger partial charge in [-0.25, -0.2) is 4.98 Å². The maximum absolute atomic E-state index is 6.10. The van der Waals surface area contributed by atoms with Crippen molar-refractivity contribution in [2.75, 3.05) is 57.8 Å². The predicted octanol–water partition coefficient (Wildman–Crippen LogP) is 5.45. The van der Waals surface area contributed by atoms with Crippen molar-refractivity contribution < 1.29 is 14.2 Å². The number of hydrogen-bond acceptors (Lipinski definition) is 10. The molecule has 0 aliphatic heterocycles. The lowest BCUT2D eigenvalue weighted by atomic mass is 10.2. The summed E-state index contributed by atoms with van der Waals surface area (Å²) in [5.74, 6) is 0.301. The van der Waals surface area contributed by atoms with Gasteiger partial charge in [-0.3, -0.25) is 0 Å². The van der Waals surface area contributed by atoms with E-state index in [2.05, 4.69) is 35.4 Å². The molecule has 1 N–H and O–H groups in total. The zero-order valence-corrected chi connectivity index (χ0v) is 20.5. The first kappa shape index (κ1) is 25.6. The van der Waals surface area contributed by atoms with Crippen molar-refractivity contribution in [3.8, 4) is 6.01 Å². The molecule has 0 atom stereocenters. The Hall–Kier alpha value is -3.05. The Morgan fingerprint density at radius 3 is 2.35 bits per heavy atom. The minimum Gasteiger partial charge on any atom is -0.467 e. The van der Waals surface area contributed by atoms with Crippen LogP contribution < -0.4 is 15.0 Å². The van der Waals surface area contributed by atoms with E-state index in [1.165, 1.54) is 13.4 Å². The van der Waals surface area contributed by atoms with Crippen LogP contribution in [0.25, 0.3) is 0 Å². The predicted molar refractivity (Wildman–Crippen MR) is 133 cm³/mol. The third kappa shape index (κ3) is 7.22. The minimum absolute atomic E-state index is 0.189. The van der Waals surface area contributed by atoms with E-state index < -0.39 is 0 Å². The van der Waals surface area contributed by atoms with Crippen LogP contribution in [0, 0.1) is 0 Å². The lowest BCUT2D eigenvalue weighted by Crippen LogP contribution is -2.30. The SMILES string of the molecule is COCCN(CCOC)c1ccc(N=Nc2ccc(Cl)c(Cl)c2)c(Nc2ncnc(OC)n2)c1. The summed E-state index contributed by atoms with van der Waals surface area (Å²) in [5, 5.41) is 12.7. The summed E-state index contributed by atoms with van der Waals surface area (Å²) in [6.45, 7) is 2.50. The number of ether oxygens (including phenoxy) is 3. The first-order valence-corrected chi connectivity index (χ1v) is 11.0. The third-order valence-electron chi connectivity index (χ3n) is 4.63. The van der Waals surface area contributed by atoms with Gasteiger partial charge in [-0.1, -0.05) is 23.2 Å². The largest absolute Gasteiger partial charge is 0.467 e. The Labute approximate surface area is 207 Å². The Morgan fingerprint density at radius 1 is 0.912 bits per heavy atom. The van der Waals surface area contributed by atoms with Gasteiger partial charge >= 0.3 is 6.01 Å². The van der Waals surface area contributed by atoms with Crippen LogP contribution >= 0.6 is 23.2 Å². The summed E-state index contributed by atoms with van der Waals surface area (Å²) in [7, 11) is 4.82. The van der Waals surface area contributed by atoms with E-state index in [4.69, 9.17) is 37.4 Å². The second kappa shape index (κ2) is 13.0. The quantitative estimate of drug-likeness (QED) is 0.324. The van der Waals surface area contributed by atoms with E-state index in [0.29, 0.717) is 59.4 Å². The summed E-state index contributed by atoms with van der Waals surface area (Å²) in [4.78, 5) is 14.5. The maximum Gasteiger partial charge on any atom is 0.320 e. The number of aromatic nitrogens is 3. The van der Waals surface area contributed by atoms with Gasteiger partial charge in [-0.2, -0.15) is 15.1 Å². The van der Waals surface area contributed by atoms with E-state index in [-0.39, 0.29) is 6.01 Å². The van der Waals surface area contributed by atoms with E-state index in [0.717, 1.165) is 5.69 Å². The summed E-state index contributed by atoms with van der Waals surface area (Å²) in [6, 6.07) is 11.0. The maximum atomic E-state index is 6.10. The van der Waals surface area contributed by atoms with Crippen LogP contribution in [0.4, 0.5) is 28.7 Å². The highest BCUT2D eigenvalue weighted by Gasteiger charge is 2.12. The van der Waals surface area contributed by atoms with E-state index in [1.807, 2.05) is 18.2 Å². The van der Waals surface area contributed by atoms with Crippen molar-refractivity contribution in [1.29, 1.82) is 0 Å². The number of halogens is 2. The van der Waals surface area contributed by atoms with E-state index in [9.17, 15) is 0 Å². The van der Waals surface area contributed by atoms with Gasteiger partial charge in [0.15, 0.2) is 0 Å². The molecule has 0 aliphatic carbocycles. The Balaban J connectivity index is 1.97. The Bertz CT molecular complexity index is 1110. The summed E-state index contributed by atoms with van der Waals surface area (Å²) in [5.41, 5.74) is 2.70. The molecule has 0 spiro atoms. The van der Waals surface area contributed by atoms with Crippen molar-refractivity contribution in [1.82, 2.24) is 15.0 Å². The summed E-state index contributed by atoms with van der Waals surface area (Å²) in [6.07, 6.45) is 1.36. The third-order valence-corrected chi connectivity index (χ3v) is 5.37. The van der Waals surface area contributed by atoms with Crippen LogP contribution in [0.3, 0.4) is 0 Å². The normalized spacial score (nSPS) is 11.1. The number of methoxy groups -OCH3 is 3. The standard InChI is InChI=1S/C22H25Cl2N7O3/c1-32-10-8-31(9-11-33-2)16-5-7-19(30-29-15-4-6-17(23)18(24)12-15)20(13-16)27-21-25-14-26-22(28-21)34-3/h4-7,12-14H,8-11H2,1-3H3,(H,25,26,27,28). The molecule has 0 fully saturated rings. The molecule has 1 aromatic heterocycles. The highest BCUT2D eigenvalue weighted by atomic mass is 35.5. The zero-order chi connectivity index (χ0) is 24.3. The molecule has 0 aliphatic rings. The Kier molecular flexibility index (Phi) is 9.77. The zero-order valence-electron chi connectivity index (χ0n) is 19.0. The lowest BCUT2D eigenvalue weighted by molar-refractivity contribution is 0.190. The minimum atomic E-state index is 0.189. The van der Waals surface area contributed by atoms with Gasteiger partial charge in [0.05, 0.1) is 41.7 Å². The number of benzene rings is 2. The highest BCUT2D eigenvalue weighted by Crippen LogP contribution is 2.34. The number of nitrogens with one attached hydrogen (secondary N) is 1. The smallest absolute Gasteiger partial charge is 0.320 e. The number of hydrogen-bond donors (Lipinski definition) is 1. The highest BCUT2D eigenvalue weighted by molar-refractivity contribution is 6.42. The fourth-order valence-corrected chi connectivity index (χ4v) is 3.19. The molecule has 0 saturated carbocycles. The van der Waals surface area contributed by atoms with Crippen molar-refractivity contribution in [3.63, 3.8) is 0 Å². The molecular formula is C22H25Cl2N7O3. The monoisotopic (exact) mass is 505 g/mol. The molecule has 12 heteroatoms. The molecule has 180 valence electrons. The van der Waals surface area contributed by atoms with Crippen molar-refractivity contribution in [2.45, 2.75) is 0 Å². The second-order valence-corrected chi connectivity index (χ2v) is 7.71. The summed E-state index contributed by atoms with van der Waals surface area (Å²) < 4.78 is 15.6. The molecule has 0 radical (unpaired) electrons. The molecule has 2 aromatic carbocycles. The number of nitrogens with zero attached hydrogens (tertiary/aromatic N) is 6. The molecule has 0 bridgehead atoms. The van der Waals surface area contributed by atoms with E-state index in [1.54, 1.807) is 32.4 Å². The van der Waals surface area contributed by atoms with Crippen LogP contribution in [0.1, 0.15) is 0 Å². The Morgan fingerprint density at radius 2 is 1.68 bits per heavy atom. The molecule has 0 amide bonds.